The van der Waals surface area contributed by atoms with Crippen molar-refractivity contribution in [1.82, 2.24) is 14.5 Å². The Kier molecular flexibility index (Phi) is 4.89. The maximum Gasteiger partial charge on any atom is 0.143 e. The molecule has 0 saturated carbocycles. The van der Waals surface area contributed by atoms with Crippen LogP contribution in [-0.4, -0.2) is 47.3 Å². The normalized spacial score (nSPS) is 15.5. The van der Waals surface area contributed by atoms with Crippen LogP contribution in [0.3, 0.4) is 0 Å². The molecule has 2 aromatic heterocycles. The monoisotopic (exact) mass is 364 g/mol. The number of rotatable bonds is 4. The molecule has 4 rings (SSSR count). The molecule has 1 saturated heterocycles. The predicted octanol–water partition coefficient (Wildman–Crippen LogP) is 3.54. The SMILES string of the molecule is Cc1c(-c2ccccc2)nc2c(c(C)c(C)n2CCN2CCOCC2)c1N. The second-order valence-electron chi connectivity index (χ2n) is 7.38. The molecule has 0 unspecified atom stereocenters. The number of hydrogen-bond acceptors (Lipinski definition) is 4. The Balaban J connectivity index is 1.79. The number of aryl methyl sites for hydroxylation is 1. The molecule has 5 heteroatoms. The van der Waals surface area contributed by atoms with Crippen molar-refractivity contribution in [2.24, 2.45) is 0 Å². The smallest absolute Gasteiger partial charge is 0.143 e. The van der Waals surface area contributed by atoms with E-state index in [0.29, 0.717) is 0 Å². The number of morpholine rings is 1. The summed E-state index contributed by atoms with van der Waals surface area (Å²) in [5, 5.41) is 1.10. The Hall–Kier alpha value is -2.37. The van der Waals surface area contributed by atoms with E-state index in [1.165, 1.54) is 11.3 Å². The van der Waals surface area contributed by atoms with Crippen molar-refractivity contribution in [1.29, 1.82) is 0 Å². The van der Waals surface area contributed by atoms with Crippen molar-refractivity contribution in [3.8, 4) is 11.3 Å². The van der Waals surface area contributed by atoms with E-state index >= 15 is 0 Å². The van der Waals surface area contributed by atoms with Crippen LogP contribution in [0.4, 0.5) is 5.69 Å². The summed E-state index contributed by atoms with van der Waals surface area (Å²) in [6.45, 7) is 12.0. The van der Waals surface area contributed by atoms with Gasteiger partial charge in [-0.3, -0.25) is 4.90 Å². The van der Waals surface area contributed by atoms with Gasteiger partial charge in [-0.2, -0.15) is 0 Å². The van der Waals surface area contributed by atoms with E-state index in [9.17, 15) is 0 Å². The largest absolute Gasteiger partial charge is 0.398 e. The fraction of sp³-hybridized carbons (Fsp3) is 0.409. The first kappa shape index (κ1) is 18.0. The maximum atomic E-state index is 6.60. The quantitative estimate of drug-likeness (QED) is 0.769. The van der Waals surface area contributed by atoms with E-state index < -0.39 is 0 Å². The van der Waals surface area contributed by atoms with Gasteiger partial charge in [0.1, 0.15) is 5.65 Å². The summed E-state index contributed by atoms with van der Waals surface area (Å²) in [5.41, 5.74) is 14.1. The van der Waals surface area contributed by atoms with E-state index in [4.69, 9.17) is 15.5 Å². The highest BCUT2D eigenvalue weighted by Crippen LogP contribution is 2.35. The number of nitrogens with two attached hydrogens (primary N) is 1. The summed E-state index contributed by atoms with van der Waals surface area (Å²) >= 11 is 0. The Morgan fingerprint density at radius 2 is 1.70 bits per heavy atom. The second kappa shape index (κ2) is 7.33. The first-order valence-corrected chi connectivity index (χ1v) is 9.69. The number of fused-ring (bicyclic) bond motifs is 1. The molecule has 1 fully saturated rings. The van der Waals surface area contributed by atoms with Gasteiger partial charge in [0.05, 0.1) is 18.9 Å². The van der Waals surface area contributed by atoms with Crippen LogP contribution in [-0.2, 0) is 11.3 Å². The number of nitrogens with zero attached hydrogens (tertiary/aromatic N) is 3. The number of hydrogen-bond donors (Lipinski definition) is 1. The van der Waals surface area contributed by atoms with E-state index in [1.807, 2.05) is 18.2 Å². The van der Waals surface area contributed by atoms with Crippen LogP contribution < -0.4 is 5.73 Å². The molecule has 0 bridgehead atoms. The molecule has 27 heavy (non-hydrogen) atoms. The summed E-state index contributed by atoms with van der Waals surface area (Å²) in [5.74, 6) is 0. The predicted molar refractivity (Wildman–Crippen MR) is 111 cm³/mol. The lowest BCUT2D eigenvalue weighted by atomic mass is 10.0. The first-order valence-electron chi connectivity index (χ1n) is 9.69. The number of pyridine rings is 1. The third-order valence-electron chi connectivity index (χ3n) is 5.84. The fourth-order valence-corrected chi connectivity index (χ4v) is 4.01. The zero-order valence-corrected chi connectivity index (χ0v) is 16.5. The molecule has 0 amide bonds. The molecule has 1 aromatic carbocycles. The molecule has 1 aliphatic rings. The Labute approximate surface area is 160 Å². The molecule has 0 radical (unpaired) electrons. The van der Waals surface area contributed by atoms with E-state index in [1.54, 1.807) is 0 Å². The van der Waals surface area contributed by atoms with Crippen molar-refractivity contribution >= 4 is 16.7 Å². The van der Waals surface area contributed by atoms with Gasteiger partial charge in [-0.15, -0.1) is 0 Å². The van der Waals surface area contributed by atoms with Gasteiger partial charge >= 0.3 is 0 Å². The molecule has 3 aromatic rings. The molecule has 5 nitrogen and oxygen atoms in total. The molecule has 142 valence electrons. The summed E-state index contributed by atoms with van der Waals surface area (Å²) in [6.07, 6.45) is 0. The number of nitrogen functional groups attached to an aromatic ring is 1. The van der Waals surface area contributed by atoms with Crippen LogP contribution in [0.1, 0.15) is 16.8 Å². The molecule has 0 atom stereocenters. The lowest BCUT2D eigenvalue weighted by Crippen LogP contribution is -2.38. The van der Waals surface area contributed by atoms with Crippen LogP contribution in [0.15, 0.2) is 30.3 Å². The van der Waals surface area contributed by atoms with Crippen molar-refractivity contribution in [2.45, 2.75) is 27.3 Å². The first-order chi connectivity index (χ1) is 13.1. The highest BCUT2D eigenvalue weighted by molar-refractivity contribution is 5.97. The summed E-state index contributed by atoms with van der Waals surface area (Å²) < 4.78 is 7.80. The van der Waals surface area contributed by atoms with Gasteiger partial charge in [0.15, 0.2) is 0 Å². The topological polar surface area (TPSA) is 56.3 Å². The van der Waals surface area contributed by atoms with Gasteiger partial charge in [-0.05, 0) is 31.9 Å². The standard InChI is InChI=1S/C22H28N4O/c1-15-17(3)26(10-9-25-11-13-27-14-12-25)22-19(15)20(23)16(2)21(24-22)18-7-5-4-6-8-18/h4-8H,9-14H2,1-3H3,(H2,23,24). The van der Waals surface area contributed by atoms with Crippen LogP contribution in [0.25, 0.3) is 22.3 Å². The molecule has 1 aliphatic heterocycles. The third-order valence-corrected chi connectivity index (χ3v) is 5.84. The Morgan fingerprint density at radius 1 is 1.00 bits per heavy atom. The number of benzene rings is 1. The molecule has 2 N–H and O–H groups in total. The van der Waals surface area contributed by atoms with E-state index in [2.05, 4.69) is 42.4 Å². The molecular formula is C22H28N4O. The minimum atomic E-state index is 0.826. The van der Waals surface area contributed by atoms with E-state index in [0.717, 1.165) is 72.9 Å². The second-order valence-corrected chi connectivity index (χ2v) is 7.38. The highest BCUT2D eigenvalue weighted by Gasteiger charge is 2.20. The van der Waals surface area contributed by atoms with Crippen LogP contribution in [0.5, 0.6) is 0 Å². The van der Waals surface area contributed by atoms with Crippen LogP contribution in [0.2, 0.25) is 0 Å². The van der Waals surface area contributed by atoms with Crippen molar-refractivity contribution in [2.75, 3.05) is 38.6 Å². The van der Waals surface area contributed by atoms with Crippen molar-refractivity contribution in [3.05, 3.63) is 47.2 Å². The maximum absolute atomic E-state index is 6.60. The lowest BCUT2D eigenvalue weighted by Gasteiger charge is -2.27. The summed E-state index contributed by atoms with van der Waals surface area (Å²) in [4.78, 5) is 7.55. The van der Waals surface area contributed by atoms with Gasteiger partial charge in [-0.1, -0.05) is 30.3 Å². The molecule has 0 aliphatic carbocycles. The lowest BCUT2D eigenvalue weighted by molar-refractivity contribution is 0.0364. The van der Waals surface area contributed by atoms with E-state index in [-0.39, 0.29) is 0 Å². The highest BCUT2D eigenvalue weighted by atomic mass is 16.5. The summed E-state index contributed by atoms with van der Waals surface area (Å²) in [6, 6.07) is 10.3. The van der Waals surface area contributed by atoms with Gasteiger partial charge in [0.25, 0.3) is 0 Å². The average molecular weight is 364 g/mol. The Bertz CT molecular complexity index is 956. The van der Waals surface area contributed by atoms with Gasteiger partial charge in [-0.25, -0.2) is 4.98 Å². The van der Waals surface area contributed by atoms with Crippen LogP contribution >= 0.6 is 0 Å². The Morgan fingerprint density at radius 3 is 2.41 bits per heavy atom. The van der Waals surface area contributed by atoms with Gasteiger partial charge < -0.3 is 15.0 Å². The summed E-state index contributed by atoms with van der Waals surface area (Å²) in [7, 11) is 0. The van der Waals surface area contributed by atoms with Crippen molar-refractivity contribution < 1.29 is 4.74 Å². The van der Waals surface area contributed by atoms with Crippen LogP contribution in [0, 0.1) is 20.8 Å². The fourth-order valence-electron chi connectivity index (χ4n) is 4.01. The minimum Gasteiger partial charge on any atom is -0.398 e. The molecule has 3 heterocycles. The van der Waals surface area contributed by atoms with Crippen molar-refractivity contribution in [3.63, 3.8) is 0 Å². The average Bonchev–Trinajstić information content (AvgIpc) is 2.94. The molecule has 0 spiro atoms. The minimum absolute atomic E-state index is 0.826. The zero-order chi connectivity index (χ0) is 19.0. The number of anilines is 1. The van der Waals surface area contributed by atoms with Gasteiger partial charge in [0.2, 0.25) is 0 Å². The van der Waals surface area contributed by atoms with Gasteiger partial charge in [0, 0.05) is 48.5 Å². The third kappa shape index (κ3) is 3.22. The zero-order valence-electron chi connectivity index (χ0n) is 16.5. The number of aromatic nitrogens is 2. The molecular weight excluding hydrogens is 336 g/mol. The number of ether oxygens (including phenoxy) is 1.